The number of sulfone groups is 1. The predicted octanol–water partition coefficient (Wildman–Crippen LogP) is 2.07. The van der Waals surface area contributed by atoms with Crippen LogP contribution in [0.15, 0.2) is 0 Å². The van der Waals surface area contributed by atoms with E-state index >= 15 is 0 Å². The average Bonchev–Trinajstić information content (AvgIpc) is 3.06. The van der Waals surface area contributed by atoms with E-state index < -0.39 is 20.7 Å². The fourth-order valence-corrected chi connectivity index (χ4v) is 4.31. The SMILES string of the molecule is COC(=O)CC1(CS(=O)(=O)CCCC(C)(C)C#N)CC1. The summed E-state index contributed by atoms with van der Waals surface area (Å²) in [7, 11) is -1.86. The molecule has 1 aliphatic carbocycles. The van der Waals surface area contributed by atoms with Gasteiger partial charge in [-0.05, 0) is 44.9 Å². The molecule has 0 aliphatic heterocycles. The molecule has 0 saturated heterocycles. The summed E-state index contributed by atoms with van der Waals surface area (Å²) >= 11 is 0. The number of ether oxygens (including phenoxy) is 1. The third kappa shape index (κ3) is 5.49. The van der Waals surface area contributed by atoms with Crippen LogP contribution in [-0.2, 0) is 19.4 Å². The molecule has 0 aromatic rings. The zero-order chi connectivity index (χ0) is 15.4. The van der Waals surface area contributed by atoms with Gasteiger partial charge < -0.3 is 4.74 Å². The fourth-order valence-electron chi connectivity index (χ4n) is 2.26. The average molecular weight is 301 g/mol. The van der Waals surface area contributed by atoms with Gasteiger partial charge >= 0.3 is 5.97 Å². The van der Waals surface area contributed by atoms with Crippen LogP contribution in [-0.4, -0.2) is 33.0 Å². The normalized spacial score (nSPS) is 17.3. The van der Waals surface area contributed by atoms with Gasteiger partial charge in [0, 0.05) is 0 Å². The lowest BCUT2D eigenvalue weighted by molar-refractivity contribution is -0.141. The summed E-state index contributed by atoms with van der Waals surface area (Å²) in [6, 6.07) is 2.17. The summed E-state index contributed by atoms with van der Waals surface area (Å²) in [5.41, 5.74) is -0.879. The Balaban J connectivity index is 2.47. The second kappa shape index (κ2) is 6.13. The van der Waals surface area contributed by atoms with E-state index in [0.29, 0.717) is 12.8 Å². The van der Waals surface area contributed by atoms with Crippen molar-refractivity contribution in [1.82, 2.24) is 0 Å². The fraction of sp³-hybridized carbons (Fsp3) is 0.857. The summed E-state index contributed by atoms with van der Waals surface area (Å²) < 4.78 is 28.8. The number of nitrogens with zero attached hydrogens (tertiary/aromatic N) is 1. The Morgan fingerprint density at radius 2 is 2.00 bits per heavy atom. The van der Waals surface area contributed by atoms with Crippen molar-refractivity contribution in [2.24, 2.45) is 10.8 Å². The van der Waals surface area contributed by atoms with E-state index in [-0.39, 0.29) is 23.9 Å². The smallest absolute Gasteiger partial charge is 0.306 e. The van der Waals surface area contributed by atoms with Crippen molar-refractivity contribution in [3.63, 3.8) is 0 Å². The molecule has 1 rings (SSSR count). The maximum atomic E-state index is 12.1. The van der Waals surface area contributed by atoms with Crippen LogP contribution in [0.4, 0.5) is 0 Å². The zero-order valence-electron chi connectivity index (χ0n) is 12.4. The van der Waals surface area contributed by atoms with Gasteiger partial charge in [-0.1, -0.05) is 0 Å². The summed E-state index contributed by atoms with van der Waals surface area (Å²) in [5.74, 6) is -0.202. The number of rotatable bonds is 8. The Labute approximate surface area is 121 Å². The molecule has 0 amide bonds. The van der Waals surface area contributed by atoms with E-state index in [4.69, 9.17) is 5.26 Å². The van der Waals surface area contributed by atoms with Crippen molar-refractivity contribution in [2.75, 3.05) is 18.6 Å². The molecular formula is C14H23NO4S. The van der Waals surface area contributed by atoms with E-state index in [1.807, 2.05) is 0 Å². The van der Waals surface area contributed by atoms with Crippen LogP contribution in [0.2, 0.25) is 0 Å². The molecule has 6 heteroatoms. The molecule has 1 saturated carbocycles. The third-order valence-electron chi connectivity index (χ3n) is 3.79. The van der Waals surface area contributed by atoms with E-state index in [1.165, 1.54) is 7.11 Å². The highest BCUT2D eigenvalue weighted by Gasteiger charge is 2.47. The lowest BCUT2D eigenvalue weighted by Gasteiger charge is -2.16. The van der Waals surface area contributed by atoms with Crippen molar-refractivity contribution < 1.29 is 17.9 Å². The number of hydrogen-bond donors (Lipinski definition) is 0. The monoisotopic (exact) mass is 301 g/mol. The third-order valence-corrected chi connectivity index (χ3v) is 5.75. The molecular weight excluding hydrogens is 278 g/mol. The Kier molecular flexibility index (Phi) is 5.20. The number of hydrogen-bond acceptors (Lipinski definition) is 5. The van der Waals surface area contributed by atoms with Gasteiger partial charge in [0.05, 0.1) is 36.5 Å². The Hall–Kier alpha value is -1.09. The molecule has 1 fully saturated rings. The first-order valence-corrected chi connectivity index (χ1v) is 8.64. The van der Waals surface area contributed by atoms with Crippen LogP contribution in [0.25, 0.3) is 0 Å². The standard InChI is InChI=1S/C14H23NO4S/c1-13(2,10-15)5-4-8-20(17,18)11-14(6-7-14)9-12(16)19-3/h4-9,11H2,1-3H3. The second-order valence-electron chi connectivity index (χ2n) is 6.44. The minimum absolute atomic E-state index is 0.0576. The maximum absolute atomic E-state index is 12.1. The van der Waals surface area contributed by atoms with Crippen LogP contribution in [0.1, 0.15) is 46.0 Å². The molecule has 1 aliphatic rings. The van der Waals surface area contributed by atoms with E-state index in [2.05, 4.69) is 10.8 Å². The Bertz CT molecular complexity index is 498. The number of nitriles is 1. The van der Waals surface area contributed by atoms with Crippen LogP contribution in [0.5, 0.6) is 0 Å². The van der Waals surface area contributed by atoms with Gasteiger partial charge in [0.2, 0.25) is 0 Å². The van der Waals surface area contributed by atoms with Crippen molar-refractivity contribution in [3.05, 3.63) is 0 Å². The van der Waals surface area contributed by atoms with Crippen LogP contribution < -0.4 is 0 Å². The molecule has 0 N–H and O–H groups in total. The molecule has 0 unspecified atom stereocenters. The molecule has 0 radical (unpaired) electrons. The summed E-state index contributed by atoms with van der Waals surface area (Å²) in [5, 5.41) is 8.90. The minimum Gasteiger partial charge on any atom is -0.469 e. The molecule has 0 aromatic carbocycles. The molecule has 0 atom stereocenters. The molecule has 114 valence electrons. The maximum Gasteiger partial charge on any atom is 0.306 e. The summed E-state index contributed by atoms with van der Waals surface area (Å²) in [6.45, 7) is 3.61. The van der Waals surface area contributed by atoms with Gasteiger partial charge in [0.25, 0.3) is 0 Å². The quantitative estimate of drug-likeness (QED) is 0.641. The van der Waals surface area contributed by atoms with Gasteiger partial charge in [-0.2, -0.15) is 5.26 Å². The first kappa shape index (κ1) is 17.0. The Morgan fingerprint density at radius 1 is 1.40 bits per heavy atom. The van der Waals surface area contributed by atoms with Gasteiger partial charge in [-0.3, -0.25) is 4.79 Å². The molecule has 0 bridgehead atoms. The topological polar surface area (TPSA) is 84.2 Å². The number of esters is 1. The number of methoxy groups -OCH3 is 1. The minimum atomic E-state index is -3.18. The second-order valence-corrected chi connectivity index (χ2v) is 8.63. The van der Waals surface area contributed by atoms with Crippen LogP contribution in [0.3, 0.4) is 0 Å². The van der Waals surface area contributed by atoms with Crippen molar-refractivity contribution in [3.8, 4) is 6.07 Å². The van der Waals surface area contributed by atoms with Crippen molar-refractivity contribution in [2.45, 2.75) is 46.0 Å². The van der Waals surface area contributed by atoms with Crippen molar-refractivity contribution in [1.29, 1.82) is 5.26 Å². The summed E-state index contributed by atoms with van der Waals surface area (Å²) in [6.07, 6.45) is 2.77. The molecule has 5 nitrogen and oxygen atoms in total. The molecule has 0 heterocycles. The van der Waals surface area contributed by atoms with Gasteiger partial charge in [-0.15, -0.1) is 0 Å². The molecule has 20 heavy (non-hydrogen) atoms. The number of carbonyl (C=O) groups excluding carboxylic acids is 1. The highest BCUT2D eigenvalue weighted by molar-refractivity contribution is 7.91. The molecule has 0 spiro atoms. The van der Waals surface area contributed by atoms with Crippen molar-refractivity contribution >= 4 is 15.8 Å². The van der Waals surface area contributed by atoms with Gasteiger partial charge in [0.1, 0.15) is 0 Å². The molecule has 0 aromatic heterocycles. The van der Waals surface area contributed by atoms with Gasteiger partial charge in [-0.25, -0.2) is 8.42 Å². The van der Waals surface area contributed by atoms with E-state index in [1.54, 1.807) is 13.8 Å². The zero-order valence-corrected chi connectivity index (χ0v) is 13.3. The predicted molar refractivity (Wildman–Crippen MR) is 75.6 cm³/mol. The highest BCUT2D eigenvalue weighted by Crippen LogP contribution is 2.50. The lowest BCUT2D eigenvalue weighted by Crippen LogP contribution is -2.23. The highest BCUT2D eigenvalue weighted by atomic mass is 32.2. The van der Waals surface area contributed by atoms with Crippen LogP contribution in [0, 0.1) is 22.2 Å². The number of carbonyl (C=O) groups is 1. The first-order chi connectivity index (χ1) is 9.14. The lowest BCUT2D eigenvalue weighted by atomic mass is 9.90. The van der Waals surface area contributed by atoms with Crippen LogP contribution >= 0.6 is 0 Å². The van der Waals surface area contributed by atoms with E-state index in [9.17, 15) is 13.2 Å². The summed E-state index contributed by atoms with van der Waals surface area (Å²) in [4.78, 5) is 11.3. The van der Waals surface area contributed by atoms with E-state index in [0.717, 1.165) is 12.8 Å². The van der Waals surface area contributed by atoms with Gasteiger partial charge in [0.15, 0.2) is 9.84 Å². The Morgan fingerprint density at radius 3 is 2.45 bits per heavy atom. The largest absolute Gasteiger partial charge is 0.469 e. The first-order valence-electron chi connectivity index (χ1n) is 6.82.